The Hall–Kier alpha value is -1.35. The van der Waals surface area contributed by atoms with E-state index in [1.807, 2.05) is 12.1 Å². The minimum Gasteiger partial charge on any atom is -0.227 e. The Labute approximate surface area is 74.6 Å². The smallest absolute Gasteiger partial charge is 0.154 e. The van der Waals surface area contributed by atoms with Gasteiger partial charge in [0, 0.05) is 0 Å². The Balaban J connectivity index is 2.45. The summed E-state index contributed by atoms with van der Waals surface area (Å²) in [7, 11) is 0. The summed E-state index contributed by atoms with van der Waals surface area (Å²) in [4.78, 5) is 3.98. The Morgan fingerprint density at radius 1 is 1.50 bits per heavy atom. The van der Waals surface area contributed by atoms with E-state index in [9.17, 15) is 0 Å². The van der Waals surface area contributed by atoms with Crippen LogP contribution in [-0.4, -0.2) is 14.8 Å². The zero-order chi connectivity index (χ0) is 8.39. The molecule has 0 N–H and O–H groups in total. The molecular weight excluding hydrogens is 174 g/mol. The molecule has 0 aromatic carbocycles. The van der Waals surface area contributed by atoms with Crippen molar-refractivity contribution in [1.29, 1.82) is 0 Å². The Bertz CT molecular complexity index is 369. The normalized spacial score (nSPS) is 10.1. The van der Waals surface area contributed by atoms with E-state index in [1.54, 1.807) is 23.1 Å². The highest BCUT2D eigenvalue weighted by molar-refractivity contribution is 6.30. The summed E-state index contributed by atoms with van der Waals surface area (Å²) in [6, 6.07) is 5.41. The first-order chi connectivity index (χ1) is 5.86. The minimum atomic E-state index is 0.598. The average Bonchev–Trinajstić information content (AvgIpc) is 2.54. The van der Waals surface area contributed by atoms with Crippen LogP contribution < -0.4 is 0 Å². The van der Waals surface area contributed by atoms with Crippen molar-refractivity contribution < 1.29 is 0 Å². The fourth-order valence-corrected chi connectivity index (χ4v) is 1.01. The number of hydrogen-bond donors (Lipinski definition) is 0. The number of pyridine rings is 1. The van der Waals surface area contributed by atoms with Gasteiger partial charge in [-0.1, -0.05) is 17.7 Å². The first-order valence-electron chi connectivity index (χ1n) is 3.40. The van der Waals surface area contributed by atoms with Crippen molar-refractivity contribution in [1.82, 2.24) is 14.8 Å². The van der Waals surface area contributed by atoms with E-state index in [-0.39, 0.29) is 0 Å². The van der Waals surface area contributed by atoms with Crippen molar-refractivity contribution >= 4 is 11.6 Å². The van der Waals surface area contributed by atoms with E-state index in [1.165, 1.54) is 0 Å². The van der Waals surface area contributed by atoms with Crippen LogP contribution in [0.2, 0.25) is 5.02 Å². The number of hydrogen-bond acceptors (Lipinski definition) is 2. The largest absolute Gasteiger partial charge is 0.227 e. The van der Waals surface area contributed by atoms with Crippen LogP contribution in [-0.2, 0) is 0 Å². The summed E-state index contributed by atoms with van der Waals surface area (Å²) in [6.07, 6.45) is 5.97. The molecule has 2 heterocycles. The van der Waals surface area contributed by atoms with Gasteiger partial charge in [-0.05, 0) is 12.1 Å². The van der Waals surface area contributed by atoms with Crippen LogP contribution in [0.5, 0.6) is 0 Å². The molecule has 0 unspecified atom stereocenters. The van der Waals surface area contributed by atoms with E-state index < -0.39 is 0 Å². The Morgan fingerprint density at radius 2 is 2.42 bits per heavy atom. The van der Waals surface area contributed by atoms with Gasteiger partial charge in [0.25, 0.3) is 0 Å². The molecule has 1 radical (unpaired) electrons. The van der Waals surface area contributed by atoms with Crippen LogP contribution in [0.4, 0.5) is 0 Å². The van der Waals surface area contributed by atoms with Gasteiger partial charge in [0.15, 0.2) is 5.82 Å². The lowest BCUT2D eigenvalue weighted by Crippen LogP contribution is -1.95. The van der Waals surface area contributed by atoms with Crippen LogP contribution in [0.25, 0.3) is 5.82 Å². The van der Waals surface area contributed by atoms with Gasteiger partial charge in [0.2, 0.25) is 0 Å². The van der Waals surface area contributed by atoms with Crippen molar-refractivity contribution in [3.63, 3.8) is 0 Å². The van der Waals surface area contributed by atoms with Gasteiger partial charge < -0.3 is 0 Å². The first-order valence-corrected chi connectivity index (χ1v) is 3.78. The van der Waals surface area contributed by atoms with Gasteiger partial charge in [-0.3, -0.25) is 0 Å². The van der Waals surface area contributed by atoms with Crippen LogP contribution in [0.15, 0.2) is 30.6 Å². The topological polar surface area (TPSA) is 30.7 Å². The molecule has 0 atom stereocenters. The predicted octanol–water partition coefficient (Wildman–Crippen LogP) is 1.72. The summed E-state index contributed by atoms with van der Waals surface area (Å²) >= 11 is 5.69. The molecule has 0 aliphatic carbocycles. The summed E-state index contributed by atoms with van der Waals surface area (Å²) < 4.78 is 1.60. The third-order valence-electron chi connectivity index (χ3n) is 1.38. The van der Waals surface area contributed by atoms with E-state index >= 15 is 0 Å². The Morgan fingerprint density at radius 3 is 3.00 bits per heavy atom. The lowest BCUT2D eigenvalue weighted by Gasteiger charge is -1.96. The zero-order valence-corrected chi connectivity index (χ0v) is 6.86. The third kappa shape index (κ3) is 1.31. The molecule has 2 rings (SSSR count). The first kappa shape index (κ1) is 7.31. The van der Waals surface area contributed by atoms with Crippen molar-refractivity contribution in [2.24, 2.45) is 0 Å². The zero-order valence-electron chi connectivity index (χ0n) is 6.11. The fourth-order valence-electron chi connectivity index (χ4n) is 0.872. The maximum absolute atomic E-state index is 5.69. The summed E-state index contributed by atoms with van der Waals surface area (Å²) in [5.74, 6) is 0.712. The van der Waals surface area contributed by atoms with Crippen LogP contribution in [0.3, 0.4) is 0 Å². The van der Waals surface area contributed by atoms with Crippen LogP contribution in [0, 0.1) is 6.20 Å². The number of nitrogens with zero attached hydrogens (tertiary/aromatic N) is 3. The van der Waals surface area contributed by atoms with Crippen molar-refractivity contribution in [3.05, 3.63) is 41.8 Å². The highest BCUT2D eigenvalue weighted by Crippen LogP contribution is 2.08. The second kappa shape index (κ2) is 2.95. The molecule has 0 amide bonds. The summed E-state index contributed by atoms with van der Waals surface area (Å²) in [6.45, 7) is 0. The standard InChI is InChI=1S/C8H5ClN3/c9-7-5-11-12(6-7)8-3-1-2-4-10-8/h1-3,5-6H. The van der Waals surface area contributed by atoms with Crippen molar-refractivity contribution in [3.8, 4) is 5.82 Å². The van der Waals surface area contributed by atoms with E-state index in [0.29, 0.717) is 10.8 Å². The van der Waals surface area contributed by atoms with Crippen molar-refractivity contribution in [2.45, 2.75) is 0 Å². The van der Waals surface area contributed by atoms with E-state index in [4.69, 9.17) is 11.6 Å². The van der Waals surface area contributed by atoms with Gasteiger partial charge in [-0.25, -0.2) is 9.67 Å². The van der Waals surface area contributed by atoms with Gasteiger partial charge in [-0.2, -0.15) is 5.10 Å². The molecular formula is C8H5ClN3. The molecule has 4 heteroatoms. The monoisotopic (exact) mass is 178 g/mol. The van der Waals surface area contributed by atoms with E-state index in [0.717, 1.165) is 0 Å². The lowest BCUT2D eigenvalue weighted by atomic mass is 10.5. The molecule has 59 valence electrons. The molecule has 0 saturated heterocycles. The van der Waals surface area contributed by atoms with Gasteiger partial charge in [0.1, 0.15) is 0 Å². The maximum Gasteiger partial charge on any atom is 0.154 e. The van der Waals surface area contributed by atoms with Gasteiger partial charge in [-0.15, -0.1) is 0 Å². The molecule has 0 saturated carbocycles. The van der Waals surface area contributed by atoms with Gasteiger partial charge >= 0.3 is 0 Å². The molecule has 3 nitrogen and oxygen atoms in total. The molecule has 0 aliphatic rings. The molecule has 0 fully saturated rings. The average molecular weight is 179 g/mol. The second-order valence-corrected chi connectivity index (χ2v) is 2.66. The SMILES string of the molecule is Clc1cnn(-c2ccc[c]n2)c1. The number of aromatic nitrogens is 3. The van der Waals surface area contributed by atoms with Crippen molar-refractivity contribution in [2.75, 3.05) is 0 Å². The second-order valence-electron chi connectivity index (χ2n) is 2.23. The highest BCUT2D eigenvalue weighted by Gasteiger charge is 1.97. The lowest BCUT2D eigenvalue weighted by molar-refractivity contribution is 0.846. The summed E-state index contributed by atoms with van der Waals surface area (Å²) in [5, 5.41) is 4.59. The molecule has 2 aromatic rings. The van der Waals surface area contributed by atoms with Crippen LogP contribution in [0.1, 0.15) is 0 Å². The fraction of sp³-hybridized carbons (Fsp3) is 0. The maximum atomic E-state index is 5.69. The molecule has 12 heavy (non-hydrogen) atoms. The third-order valence-corrected chi connectivity index (χ3v) is 1.58. The molecule has 0 spiro atoms. The molecule has 0 bridgehead atoms. The van der Waals surface area contributed by atoms with Gasteiger partial charge in [0.05, 0.1) is 23.6 Å². The minimum absolute atomic E-state index is 0.598. The number of rotatable bonds is 1. The summed E-state index contributed by atoms with van der Waals surface area (Å²) in [5.41, 5.74) is 0. The Kier molecular flexibility index (Phi) is 1.80. The quantitative estimate of drug-likeness (QED) is 0.666. The van der Waals surface area contributed by atoms with Crippen LogP contribution >= 0.6 is 11.6 Å². The predicted molar refractivity (Wildman–Crippen MR) is 45.2 cm³/mol. The van der Waals surface area contributed by atoms with E-state index in [2.05, 4.69) is 16.3 Å². The number of halogens is 1. The molecule has 0 aliphatic heterocycles. The highest BCUT2D eigenvalue weighted by atomic mass is 35.5. The molecule has 2 aromatic heterocycles.